The summed E-state index contributed by atoms with van der Waals surface area (Å²) in [6.07, 6.45) is 3.97. The molecule has 4 nitrogen and oxygen atoms in total. The van der Waals surface area contributed by atoms with Crippen molar-refractivity contribution in [3.8, 4) is 0 Å². The Balaban J connectivity index is 1.93. The van der Waals surface area contributed by atoms with E-state index in [1.807, 2.05) is 12.1 Å². The quantitative estimate of drug-likeness (QED) is 0.750. The van der Waals surface area contributed by atoms with Gasteiger partial charge in [-0.15, -0.1) is 0 Å². The zero-order chi connectivity index (χ0) is 16.5. The Bertz CT molecular complexity index is 539. The minimum Gasteiger partial charge on any atom is -0.380 e. The molecule has 0 saturated carbocycles. The summed E-state index contributed by atoms with van der Waals surface area (Å²) in [4.78, 5) is 19.8. The van der Waals surface area contributed by atoms with Crippen LogP contribution in [0.5, 0.6) is 0 Å². The minimum absolute atomic E-state index is 0.158. The molecule has 0 radical (unpaired) electrons. The highest BCUT2D eigenvalue weighted by atomic mass is 31.2. The Hall–Kier alpha value is -0.510. The van der Waals surface area contributed by atoms with E-state index < -0.39 is 8.38 Å². The monoisotopic (exact) mass is 338 g/mol. The first kappa shape index (κ1) is 17.3. The molecule has 0 spiro atoms. The van der Waals surface area contributed by atoms with Crippen LogP contribution in [0, 0.1) is 10.8 Å². The molecule has 128 valence electrons. The summed E-state index contributed by atoms with van der Waals surface area (Å²) in [7, 11) is -2.08. The maximum atomic E-state index is 9.88. The summed E-state index contributed by atoms with van der Waals surface area (Å²) in [5, 5.41) is 0.712. The molecule has 2 aliphatic heterocycles. The van der Waals surface area contributed by atoms with E-state index in [1.165, 1.54) is 5.56 Å². The summed E-state index contributed by atoms with van der Waals surface area (Å²) < 4.78 is 10.9. The van der Waals surface area contributed by atoms with Crippen molar-refractivity contribution in [2.24, 2.45) is 10.8 Å². The van der Waals surface area contributed by atoms with E-state index in [2.05, 4.69) is 19.9 Å². The van der Waals surface area contributed by atoms with E-state index in [-0.39, 0.29) is 10.8 Å². The second kappa shape index (κ2) is 6.78. The zero-order valence-corrected chi connectivity index (χ0v) is 14.9. The molecule has 3 rings (SSSR count). The molecule has 2 saturated heterocycles. The van der Waals surface area contributed by atoms with Gasteiger partial charge in [0.05, 0.1) is 26.4 Å². The molecule has 0 atom stereocenters. The van der Waals surface area contributed by atoms with Crippen LogP contribution >= 0.6 is 8.38 Å². The van der Waals surface area contributed by atoms with Crippen LogP contribution in [0.3, 0.4) is 0 Å². The number of benzene rings is 1. The van der Waals surface area contributed by atoms with Crippen molar-refractivity contribution < 1.29 is 19.3 Å². The van der Waals surface area contributed by atoms with Crippen LogP contribution in [0.1, 0.15) is 37.8 Å². The van der Waals surface area contributed by atoms with Gasteiger partial charge < -0.3 is 19.3 Å². The fourth-order valence-corrected chi connectivity index (χ4v) is 4.28. The Morgan fingerprint density at radius 3 is 1.96 bits per heavy atom. The van der Waals surface area contributed by atoms with E-state index in [1.54, 1.807) is 0 Å². The molecule has 0 aliphatic carbocycles. The van der Waals surface area contributed by atoms with E-state index in [0.717, 1.165) is 57.7 Å². The lowest BCUT2D eigenvalue weighted by atomic mass is 9.73. The smallest absolute Gasteiger partial charge is 0.199 e. The average molecular weight is 338 g/mol. The van der Waals surface area contributed by atoms with Crippen molar-refractivity contribution in [2.75, 3.05) is 26.4 Å². The van der Waals surface area contributed by atoms with E-state index in [9.17, 15) is 9.79 Å². The van der Waals surface area contributed by atoms with Gasteiger partial charge in [0.15, 0.2) is 8.38 Å². The second-order valence-electron chi connectivity index (χ2n) is 7.25. The molecule has 2 N–H and O–H groups in total. The Labute approximate surface area is 139 Å². The standard InChI is InChI=1S/C18H27O4P/c1-3-17(10-21-11-17)8-14-6-5-7-16(23(19)20)15(14)9-18(4-2)12-22-13-18/h5-7,19-20H,3-4,8-13H2,1-2H3. The van der Waals surface area contributed by atoms with Gasteiger partial charge >= 0.3 is 0 Å². The van der Waals surface area contributed by atoms with Gasteiger partial charge in [0, 0.05) is 16.1 Å². The van der Waals surface area contributed by atoms with Gasteiger partial charge in [-0.1, -0.05) is 26.0 Å². The largest absolute Gasteiger partial charge is 0.380 e. The van der Waals surface area contributed by atoms with Gasteiger partial charge in [0.1, 0.15) is 0 Å². The molecule has 0 bridgehead atoms. The summed E-state index contributed by atoms with van der Waals surface area (Å²) in [5.41, 5.74) is 2.76. The lowest BCUT2D eigenvalue weighted by molar-refractivity contribution is -0.117. The number of ether oxygens (including phenoxy) is 2. The highest BCUT2D eigenvalue weighted by molar-refractivity contribution is 7.54. The molecule has 2 fully saturated rings. The van der Waals surface area contributed by atoms with Crippen LogP contribution in [0.25, 0.3) is 0 Å². The molecule has 0 aromatic heterocycles. The Morgan fingerprint density at radius 2 is 1.52 bits per heavy atom. The van der Waals surface area contributed by atoms with Gasteiger partial charge in [-0.3, -0.25) is 0 Å². The molecular formula is C18H27O4P. The highest BCUT2D eigenvalue weighted by Crippen LogP contribution is 2.41. The highest BCUT2D eigenvalue weighted by Gasteiger charge is 2.41. The molecule has 23 heavy (non-hydrogen) atoms. The van der Waals surface area contributed by atoms with Crippen LogP contribution in [0.2, 0.25) is 0 Å². The third-order valence-corrected chi connectivity index (χ3v) is 6.56. The lowest BCUT2D eigenvalue weighted by Crippen LogP contribution is -2.46. The normalized spacial score (nSPS) is 21.8. The van der Waals surface area contributed by atoms with Crippen LogP contribution < -0.4 is 5.30 Å². The van der Waals surface area contributed by atoms with E-state index in [4.69, 9.17) is 9.47 Å². The fraction of sp³-hybridized carbons (Fsp3) is 0.667. The zero-order valence-electron chi connectivity index (χ0n) is 14.0. The first-order chi connectivity index (χ1) is 11.0. The SMILES string of the molecule is CCC1(Cc2cccc(P(O)O)c2CC2(CC)COC2)COC1. The number of hydrogen-bond donors (Lipinski definition) is 2. The van der Waals surface area contributed by atoms with Gasteiger partial charge in [0.25, 0.3) is 0 Å². The van der Waals surface area contributed by atoms with Gasteiger partial charge in [-0.05, 0) is 42.9 Å². The molecule has 0 amide bonds. The van der Waals surface area contributed by atoms with Crippen LogP contribution in [0.15, 0.2) is 18.2 Å². The first-order valence-corrected chi connectivity index (χ1v) is 9.72. The molecule has 1 aromatic carbocycles. The van der Waals surface area contributed by atoms with Gasteiger partial charge in [0.2, 0.25) is 0 Å². The van der Waals surface area contributed by atoms with Crippen molar-refractivity contribution in [1.82, 2.24) is 0 Å². The van der Waals surface area contributed by atoms with E-state index in [0.29, 0.717) is 5.30 Å². The second-order valence-corrected chi connectivity index (χ2v) is 8.31. The maximum absolute atomic E-state index is 9.88. The van der Waals surface area contributed by atoms with Crippen LogP contribution in [0.4, 0.5) is 0 Å². The first-order valence-electron chi connectivity index (χ1n) is 8.47. The van der Waals surface area contributed by atoms with Crippen molar-refractivity contribution >= 4 is 13.7 Å². The number of hydrogen-bond acceptors (Lipinski definition) is 4. The van der Waals surface area contributed by atoms with Gasteiger partial charge in [-0.25, -0.2) is 0 Å². The summed E-state index contributed by atoms with van der Waals surface area (Å²) in [6.45, 7) is 7.57. The van der Waals surface area contributed by atoms with Gasteiger partial charge in [-0.2, -0.15) is 0 Å². The van der Waals surface area contributed by atoms with Crippen molar-refractivity contribution in [3.63, 3.8) is 0 Å². The molecule has 1 aromatic rings. The summed E-state index contributed by atoms with van der Waals surface area (Å²) in [5.74, 6) is 0. The van der Waals surface area contributed by atoms with Crippen LogP contribution in [-0.4, -0.2) is 36.2 Å². The van der Waals surface area contributed by atoms with Crippen molar-refractivity contribution in [3.05, 3.63) is 29.3 Å². The topological polar surface area (TPSA) is 58.9 Å². The fourth-order valence-electron chi connectivity index (χ4n) is 3.60. The predicted octanol–water partition coefficient (Wildman–Crippen LogP) is 2.55. The summed E-state index contributed by atoms with van der Waals surface area (Å²) >= 11 is 0. The third kappa shape index (κ3) is 3.33. The minimum atomic E-state index is -2.08. The van der Waals surface area contributed by atoms with Crippen LogP contribution in [-0.2, 0) is 22.3 Å². The Kier molecular flexibility index (Phi) is 5.10. The van der Waals surface area contributed by atoms with E-state index >= 15 is 0 Å². The molecule has 5 heteroatoms. The number of rotatable bonds is 7. The molecule has 0 unspecified atom stereocenters. The maximum Gasteiger partial charge on any atom is 0.199 e. The molecule has 2 heterocycles. The average Bonchev–Trinajstić information content (AvgIpc) is 2.47. The molecular weight excluding hydrogens is 311 g/mol. The van der Waals surface area contributed by atoms with Crippen molar-refractivity contribution in [2.45, 2.75) is 39.5 Å². The molecule has 2 aliphatic rings. The van der Waals surface area contributed by atoms with Crippen molar-refractivity contribution in [1.29, 1.82) is 0 Å². The Morgan fingerprint density at radius 1 is 0.957 bits per heavy atom. The summed E-state index contributed by atoms with van der Waals surface area (Å²) in [6, 6.07) is 5.97. The third-order valence-electron chi connectivity index (χ3n) is 5.71. The lowest BCUT2D eigenvalue weighted by Gasteiger charge is -2.44. The predicted molar refractivity (Wildman–Crippen MR) is 91.9 cm³/mol.